The third-order valence-electron chi connectivity index (χ3n) is 6.75. The molecule has 4 N–H and O–H groups in total. The summed E-state index contributed by atoms with van der Waals surface area (Å²) in [5, 5.41) is 16.2. The fourth-order valence-electron chi connectivity index (χ4n) is 4.59. The van der Waals surface area contributed by atoms with Crippen molar-refractivity contribution in [2.45, 2.75) is 45.3 Å². The van der Waals surface area contributed by atoms with E-state index in [1.165, 1.54) is 0 Å². The lowest BCUT2D eigenvalue weighted by molar-refractivity contribution is -0.115. The highest BCUT2D eigenvalue weighted by Gasteiger charge is 2.44. The van der Waals surface area contributed by atoms with Gasteiger partial charge in [0.05, 0.1) is 23.8 Å². The van der Waals surface area contributed by atoms with Crippen molar-refractivity contribution in [2.75, 3.05) is 31.3 Å². The van der Waals surface area contributed by atoms with Crippen molar-refractivity contribution in [2.24, 2.45) is 0 Å². The molecule has 4 amide bonds. The van der Waals surface area contributed by atoms with E-state index in [-0.39, 0.29) is 23.9 Å². The Kier molecular flexibility index (Phi) is 7.82. The van der Waals surface area contributed by atoms with Gasteiger partial charge >= 0.3 is 6.03 Å². The molecule has 0 bridgehead atoms. The Bertz CT molecular complexity index is 1300. The van der Waals surface area contributed by atoms with Gasteiger partial charge in [-0.2, -0.15) is 5.10 Å². The average molecular weight is 518 g/mol. The lowest BCUT2D eigenvalue weighted by Crippen LogP contribution is -2.48. The topological polar surface area (TPSA) is 122 Å². The van der Waals surface area contributed by atoms with Crippen molar-refractivity contribution < 1.29 is 14.4 Å². The largest absolute Gasteiger partial charge is 0.330 e. The lowest BCUT2D eigenvalue weighted by atomic mass is 10.0. The minimum absolute atomic E-state index is 0.0951. The molecule has 200 valence electrons. The minimum atomic E-state index is -0.659. The van der Waals surface area contributed by atoms with E-state index >= 15 is 0 Å². The Morgan fingerprint density at radius 2 is 1.74 bits per heavy atom. The first kappa shape index (κ1) is 26.9. The van der Waals surface area contributed by atoms with Gasteiger partial charge in [0, 0.05) is 29.8 Å². The number of rotatable bonds is 8. The van der Waals surface area contributed by atoms with E-state index in [1.807, 2.05) is 63.2 Å². The van der Waals surface area contributed by atoms with Crippen molar-refractivity contribution >= 4 is 29.4 Å². The monoisotopic (exact) mass is 517 g/mol. The van der Waals surface area contributed by atoms with Crippen LogP contribution in [0.2, 0.25) is 0 Å². The van der Waals surface area contributed by atoms with Crippen LogP contribution in [0.3, 0.4) is 0 Å². The molecule has 10 nitrogen and oxygen atoms in total. The number of nitrogens with zero attached hydrogens (tertiary/aromatic N) is 3. The Balaban J connectivity index is 1.47. The predicted molar refractivity (Wildman–Crippen MR) is 147 cm³/mol. The van der Waals surface area contributed by atoms with E-state index < -0.39 is 5.54 Å². The van der Waals surface area contributed by atoms with Crippen LogP contribution in [0.4, 0.5) is 16.3 Å². The number of likely N-dealkylation sites (N-methyl/N-ethyl adjacent to an activating group) is 1. The van der Waals surface area contributed by atoms with Crippen LogP contribution in [0.25, 0.3) is 0 Å². The van der Waals surface area contributed by atoms with E-state index in [4.69, 9.17) is 0 Å². The van der Waals surface area contributed by atoms with Gasteiger partial charge in [0.1, 0.15) is 0 Å². The smallest absolute Gasteiger partial charge is 0.319 e. The first-order chi connectivity index (χ1) is 18.1. The Morgan fingerprint density at radius 3 is 2.37 bits per heavy atom. The zero-order valence-corrected chi connectivity index (χ0v) is 22.5. The molecule has 2 heterocycles. The number of urea groups is 1. The van der Waals surface area contributed by atoms with Crippen molar-refractivity contribution in [1.29, 1.82) is 0 Å². The van der Waals surface area contributed by atoms with Gasteiger partial charge in [-0.1, -0.05) is 37.3 Å². The molecule has 0 radical (unpaired) electrons. The molecule has 1 atom stereocenters. The summed E-state index contributed by atoms with van der Waals surface area (Å²) in [4.78, 5) is 41.8. The molecule has 10 heteroatoms. The summed E-state index contributed by atoms with van der Waals surface area (Å²) in [5.41, 5.74) is 2.98. The van der Waals surface area contributed by atoms with Gasteiger partial charge in [-0.15, -0.1) is 0 Å². The highest BCUT2D eigenvalue weighted by Crippen LogP contribution is 2.40. The summed E-state index contributed by atoms with van der Waals surface area (Å²) in [6, 6.07) is 16.2. The van der Waals surface area contributed by atoms with Crippen LogP contribution in [-0.4, -0.2) is 58.5 Å². The van der Waals surface area contributed by atoms with E-state index in [1.54, 1.807) is 36.1 Å². The maximum atomic E-state index is 13.5. The van der Waals surface area contributed by atoms with Gasteiger partial charge in [0.15, 0.2) is 5.82 Å². The summed E-state index contributed by atoms with van der Waals surface area (Å²) < 4.78 is 0. The summed E-state index contributed by atoms with van der Waals surface area (Å²) in [5.74, 6) is -0.0320. The molecule has 0 spiro atoms. The molecule has 38 heavy (non-hydrogen) atoms. The van der Waals surface area contributed by atoms with Crippen LogP contribution in [0.1, 0.15) is 60.4 Å². The van der Waals surface area contributed by atoms with Crippen LogP contribution in [0, 0.1) is 0 Å². The zero-order chi connectivity index (χ0) is 27.4. The van der Waals surface area contributed by atoms with E-state index in [2.05, 4.69) is 26.1 Å². The Labute approximate surface area is 222 Å². The Hall–Kier alpha value is -4.18. The number of amides is 4. The number of nitrogens with one attached hydrogen (secondary N) is 4. The fraction of sp³-hybridized carbons (Fsp3) is 0.357. The third-order valence-corrected chi connectivity index (χ3v) is 6.75. The quantitative estimate of drug-likeness (QED) is 0.359. The molecular formula is C28H35N7O3. The molecule has 0 saturated heterocycles. The third kappa shape index (κ3) is 5.70. The van der Waals surface area contributed by atoms with Gasteiger partial charge < -0.3 is 25.8 Å². The number of aromatic amines is 1. The van der Waals surface area contributed by atoms with Crippen LogP contribution < -0.4 is 16.0 Å². The van der Waals surface area contributed by atoms with Crippen molar-refractivity contribution in [1.82, 2.24) is 25.3 Å². The standard InChI is InChI=1S/C28H35N7O3/c1-6-23(36)29-20-14-12-19(13-15-20)26(37)31-25-21-16-35(28(2,3)24(21)32-33-25)27(38)30-22(17-34(4)5)18-10-8-7-9-11-18/h7-15,22H,6,16-17H2,1-5H3,(H,29,36)(H,30,38)(H2,31,32,33,37)/t22-/m1/s1. The number of hydrogen-bond donors (Lipinski definition) is 4. The second kappa shape index (κ2) is 11.1. The molecule has 3 aromatic rings. The molecular weight excluding hydrogens is 482 g/mol. The molecule has 1 aliphatic heterocycles. The lowest BCUT2D eigenvalue weighted by Gasteiger charge is -2.34. The number of anilines is 2. The van der Waals surface area contributed by atoms with E-state index in [9.17, 15) is 14.4 Å². The molecule has 0 fully saturated rings. The van der Waals surface area contributed by atoms with Crippen LogP contribution >= 0.6 is 0 Å². The van der Waals surface area contributed by atoms with E-state index in [0.717, 1.165) is 16.8 Å². The zero-order valence-electron chi connectivity index (χ0n) is 22.5. The van der Waals surface area contributed by atoms with Crippen molar-refractivity contribution in [3.8, 4) is 0 Å². The molecule has 0 unspecified atom stereocenters. The maximum absolute atomic E-state index is 13.5. The molecule has 1 aliphatic rings. The number of H-pyrrole nitrogens is 1. The number of hydrogen-bond acceptors (Lipinski definition) is 5. The first-order valence-electron chi connectivity index (χ1n) is 12.7. The second-order valence-corrected chi connectivity index (χ2v) is 10.2. The normalized spacial score (nSPS) is 14.6. The maximum Gasteiger partial charge on any atom is 0.319 e. The average Bonchev–Trinajstić information content (AvgIpc) is 3.41. The summed E-state index contributed by atoms with van der Waals surface area (Å²) in [6.45, 7) is 6.63. The van der Waals surface area contributed by atoms with Crippen molar-refractivity contribution in [3.63, 3.8) is 0 Å². The number of fused-ring (bicyclic) bond motifs is 1. The first-order valence-corrected chi connectivity index (χ1v) is 12.7. The van der Waals surface area contributed by atoms with Crippen LogP contribution in [0.5, 0.6) is 0 Å². The van der Waals surface area contributed by atoms with Crippen LogP contribution in [-0.2, 0) is 16.9 Å². The molecule has 1 aromatic heterocycles. The molecule has 0 aliphatic carbocycles. The summed E-state index contributed by atoms with van der Waals surface area (Å²) in [6.07, 6.45) is 0.375. The number of benzene rings is 2. The molecule has 4 rings (SSSR count). The molecule has 0 saturated carbocycles. The van der Waals surface area contributed by atoms with Gasteiger partial charge in [-0.3, -0.25) is 14.7 Å². The number of aromatic nitrogens is 2. The number of carbonyl (C=O) groups is 3. The fourth-order valence-corrected chi connectivity index (χ4v) is 4.59. The predicted octanol–water partition coefficient (Wildman–Crippen LogP) is 4.07. The molecule has 2 aromatic carbocycles. The SMILES string of the molecule is CCC(=O)Nc1ccc(C(=O)Nc2n[nH]c3c2CN(C(=O)N[C@H](CN(C)C)c2ccccc2)C3(C)C)cc1. The summed E-state index contributed by atoms with van der Waals surface area (Å²) >= 11 is 0. The van der Waals surface area contributed by atoms with Gasteiger partial charge in [-0.25, -0.2) is 4.79 Å². The van der Waals surface area contributed by atoms with E-state index in [0.29, 0.717) is 36.6 Å². The van der Waals surface area contributed by atoms with Crippen molar-refractivity contribution in [3.05, 3.63) is 77.0 Å². The highest BCUT2D eigenvalue weighted by atomic mass is 16.2. The second-order valence-electron chi connectivity index (χ2n) is 10.2. The summed E-state index contributed by atoms with van der Waals surface area (Å²) in [7, 11) is 3.95. The van der Waals surface area contributed by atoms with Gasteiger partial charge in [-0.05, 0) is 57.8 Å². The number of carbonyl (C=O) groups excluding carboxylic acids is 3. The van der Waals surface area contributed by atoms with Gasteiger partial charge in [0.2, 0.25) is 5.91 Å². The van der Waals surface area contributed by atoms with Gasteiger partial charge in [0.25, 0.3) is 5.91 Å². The highest BCUT2D eigenvalue weighted by molar-refractivity contribution is 6.04. The minimum Gasteiger partial charge on any atom is -0.330 e. The van der Waals surface area contributed by atoms with Crippen LogP contribution in [0.15, 0.2) is 54.6 Å². The Morgan fingerprint density at radius 1 is 1.05 bits per heavy atom.